The van der Waals surface area contributed by atoms with Crippen molar-refractivity contribution in [3.05, 3.63) is 17.0 Å². The van der Waals surface area contributed by atoms with E-state index in [1.54, 1.807) is 0 Å². The summed E-state index contributed by atoms with van der Waals surface area (Å²) in [5.74, 6) is -0.147. The highest BCUT2D eigenvalue weighted by molar-refractivity contribution is 5.66. The van der Waals surface area contributed by atoms with Gasteiger partial charge in [0.05, 0.1) is 5.69 Å². The first-order chi connectivity index (χ1) is 8.97. The number of hydrogen-bond donors (Lipinski definition) is 1. The SMILES string of the molecule is Cc1nn(C)c(C)c1CN1CCC(CCC(=O)O)C1. The molecular weight excluding hydrogens is 242 g/mol. The smallest absolute Gasteiger partial charge is 0.303 e. The number of aliphatic carboxylic acids is 1. The second-order valence-electron chi connectivity index (χ2n) is 5.60. The number of carbonyl (C=O) groups is 1. The van der Waals surface area contributed by atoms with Crippen LogP contribution in [0.2, 0.25) is 0 Å². The highest BCUT2D eigenvalue weighted by Gasteiger charge is 2.24. The van der Waals surface area contributed by atoms with Crippen molar-refractivity contribution in [3.63, 3.8) is 0 Å². The highest BCUT2D eigenvalue weighted by atomic mass is 16.4. The Kier molecular flexibility index (Phi) is 4.24. The molecule has 106 valence electrons. The topological polar surface area (TPSA) is 58.4 Å². The molecular formula is C14H23N3O2. The van der Waals surface area contributed by atoms with Crippen LogP contribution in [0.3, 0.4) is 0 Å². The normalized spacial score (nSPS) is 20.1. The van der Waals surface area contributed by atoms with Gasteiger partial charge in [-0.2, -0.15) is 5.10 Å². The Bertz CT molecular complexity index is 468. The maximum atomic E-state index is 10.6. The molecule has 1 aromatic rings. The van der Waals surface area contributed by atoms with Gasteiger partial charge in [0.1, 0.15) is 0 Å². The summed E-state index contributed by atoms with van der Waals surface area (Å²) in [6, 6.07) is 0. The van der Waals surface area contributed by atoms with Gasteiger partial charge in [0, 0.05) is 37.8 Å². The molecule has 19 heavy (non-hydrogen) atoms. The molecule has 1 fully saturated rings. The molecule has 1 unspecified atom stereocenters. The number of carboxylic acids is 1. The van der Waals surface area contributed by atoms with Crippen molar-refractivity contribution in [2.45, 2.75) is 39.7 Å². The van der Waals surface area contributed by atoms with Crippen LogP contribution in [0.15, 0.2) is 0 Å². The molecule has 0 amide bonds. The van der Waals surface area contributed by atoms with Gasteiger partial charge in [-0.1, -0.05) is 0 Å². The summed E-state index contributed by atoms with van der Waals surface area (Å²) >= 11 is 0. The average Bonchev–Trinajstić information content (AvgIpc) is 2.88. The summed E-state index contributed by atoms with van der Waals surface area (Å²) in [6.07, 6.45) is 2.21. The number of rotatable bonds is 5. The summed E-state index contributed by atoms with van der Waals surface area (Å²) in [7, 11) is 1.98. The van der Waals surface area contributed by atoms with Crippen LogP contribution < -0.4 is 0 Å². The monoisotopic (exact) mass is 265 g/mol. The van der Waals surface area contributed by atoms with Gasteiger partial charge >= 0.3 is 5.97 Å². The zero-order chi connectivity index (χ0) is 14.0. The molecule has 2 heterocycles. The number of nitrogens with zero attached hydrogens (tertiary/aromatic N) is 3. The first kappa shape index (κ1) is 14.1. The minimum atomic E-state index is -0.683. The van der Waals surface area contributed by atoms with E-state index in [-0.39, 0.29) is 0 Å². The summed E-state index contributed by atoms with van der Waals surface area (Å²) in [4.78, 5) is 13.0. The molecule has 0 aliphatic carbocycles. The highest BCUT2D eigenvalue weighted by Crippen LogP contribution is 2.24. The fourth-order valence-electron chi connectivity index (χ4n) is 2.89. The van der Waals surface area contributed by atoms with Gasteiger partial charge in [0.15, 0.2) is 0 Å². The molecule has 1 saturated heterocycles. The van der Waals surface area contributed by atoms with Crippen LogP contribution in [0.1, 0.15) is 36.2 Å². The lowest BCUT2D eigenvalue weighted by molar-refractivity contribution is -0.137. The van der Waals surface area contributed by atoms with E-state index in [0.717, 1.165) is 38.2 Å². The fourth-order valence-corrected chi connectivity index (χ4v) is 2.89. The lowest BCUT2D eigenvalue weighted by Crippen LogP contribution is -2.21. The van der Waals surface area contributed by atoms with Crippen LogP contribution >= 0.6 is 0 Å². The third-order valence-corrected chi connectivity index (χ3v) is 4.18. The van der Waals surface area contributed by atoms with Crippen molar-refractivity contribution in [1.29, 1.82) is 0 Å². The largest absolute Gasteiger partial charge is 0.481 e. The van der Waals surface area contributed by atoms with Gasteiger partial charge in [-0.3, -0.25) is 14.4 Å². The maximum absolute atomic E-state index is 10.6. The zero-order valence-electron chi connectivity index (χ0n) is 12.0. The predicted octanol–water partition coefficient (Wildman–Crippen LogP) is 1.72. The Hall–Kier alpha value is -1.36. The minimum absolute atomic E-state index is 0.295. The van der Waals surface area contributed by atoms with Crippen molar-refractivity contribution in [3.8, 4) is 0 Å². The first-order valence-corrected chi connectivity index (χ1v) is 6.90. The van der Waals surface area contributed by atoms with Crippen molar-refractivity contribution in [1.82, 2.24) is 14.7 Å². The zero-order valence-corrected chi connectivity index (χ0v) is 12.0. The summed E-state index contributed by atoms with van der Waals surface area (Å²) in [5.41, 5.74) is 3.65. The van der Waals surface area contributed by atoms with E-state index in [1.807, 2.05) is 11.7 Å². The van der Waals surface area contributed by atoms with Gasteiger partial charge < -0.3 is 5.11 Å². The second kappa shape index (κ2) is 5.74. The van der Waals surface area contributed by atoms with Crippen LogP contribution in [0, 0.1) is 19.8 Å². The molecule has 0 radical (unpaired) electrons. The van der Waals surface area contributed by atoms with E-state index in [4.69, 9.17) is 5.11 Å². The average molecular weight is 265 g/mol. The standard InChI is InChI=1S/C14H23N3O2/c1-10-13(11(2)16(3)15-10)9-17-7-6-12(8-17)4-5-14(18)19/h12H,4-9H2,1-3H3,(H,18,19). The Labute approximate surface area is 114 Å². The van der Waals surface area contributed by atoms with E-state index in [1.165, 1.54) is 11.3 Å². The lowest BCUT2D eigenvalue weighted by Gasteiger charge is -2.16. The van der Waals surface area contributed by atoms with E-state index in [9.17, 15) is 4.79 Å². The third-order valence-electron chi connectivity index (χ3n) is 4.18. The molecule has 1 atom stereocenters. The van der Waals surface area contributed by atoms with Crippen LogP contribution in [0.4, 0.5) is 0 Å². The second-order valence-corrected chi connectivity index (χ2v) is 5.60. The minimum Gasteiger partial charge on any atom is -0.481 e. The van der Waals surface area contributed by atoms with E-state index in [0.29, 0.717) is 12.3 Å². The summed E-state index contributed by atoms with van der Waals surface area (Å²) in [6.45, 7) is 7.18. The van der Waals surface area contributed by atoms with Gasteiger partial charge in [-0.05, 0) is 39.2 Å². The third kappa shape index (κ3) is 3.35. The number of hydrogen-bond acceptors (Lipinski definition) is 3. The number of carboxylic acid groups (broad SMARTS) is 1. The van der Waals surface area contributed by atoms with Gasteiger partial charge in [0.25, 0.3) is 0 Å². The fraction of sp³-hybridized carbons (Fsp3) is 0.714. The molecule has 1 aliphatic rings. The molecule has 2 rings (SSSR count). The molecule has 1 aliphatic heterocycles. The Morgan fingerprint density at radius 1 is 1.47 bits per heavy atom. The first-order valence-electron chi connectivity index (χ1n) is 6.90. The quantitative estimate of drug-likeness (QED) is 0.880. The van der Waals surface area contributed by atoms with E-state index in [2.05, 4.69) is 23.8 Å². The van der Waals surface area contributed by atoms with Crippen molar-refractivity contribution in [2.75, 3.05) is 13.1 Å². The molecule has 0 bridgehead atoms. The Morgan fingerprint density at radius 2 is 2.21 bits per heavy atom. The number of aryl methyl sites for hydroxylation is 2. The molecule has 0 aromatic carbocycles. The molecule has 0 spiro atoms. The van der Waals surface area contributed by atoms with E-state index < -0.39 is 5.97 Å². The molecule has 5 heteroatoms. The number of aromatic nitrogens is 2. The van der Waals surface area contributed by atoms with Crippen molar-refractivity contribution in [2.24, 2.45) is 13.0 Å². The predicted molar refractivity (Wildman–Crippen MR) is 72.9 cm³/mol. The van der Waals surface area contributed by atoms with Crippen LogP contribution in [0.25, 0.3) is 0 Å². The summed E-state index contributed by atoms with van der Waals surface area (Å²) in [5, 5.41) is 13.2. The van der Waals surface area contributed by atoms with Crippen molar-refractivity contribution < 1.29 is 9.90 Å². The van der Waals surface area contributed by atoms with Gasteiger partial charge in [-0.15, -0.1) is 0 Å². The molecule has 0 saturated carbocycles. The van der Waals surface area contributed by atoms with Gasteiger partial charge in [0.2, 0.25) is 0 Å². The maximum Gasteiger partial charge on any atom is 0.303 e. The lowest BCUT2D eigenvalue weighted by atomic mass is 10.0. The molecule has 1 N–H and O–H groups in total. The van der Waals surface area contributed by atoms with Crippen LogP contribution in [-0.2, 0) is 18.4 Å². The van der Waals surface area contributed by atoms with E-state index >= 15 is 0 Å². The molecule has 5 nitrogen and oxygen atoms in total. The van der Waals surface area contributed by atoms with Crippen molar-refractivity contribution >= 4 is 5.97 Å². The Balaban J connectivity index is 1.89. The van der Waals surface area contributed by atoms with Crippen LogP contribution in [-0.4, -0.2) is 38.8 Å². The van der Waals surface area contributed by atoms with Gasteiger partial charge in [-0.25, -0.2) is 0 Å². The molecule has 1 aromatic heterocycles. The van der Waals surface area contributed by atoms with Crippen LogP contribution in [0.5, 0.6) is 0 Å². The summed E-state index contributed by atoms with van der Waals surface area (Å²) < 4.78 is 1.93. The Morgan fingerprint density at radius 3 is 2.79 bits per heavy atom. The number of likely N-dealkylation sites (tertiary alicyclic amines) is 1.